The summed E-state index contributed by atoms with van der Waals surface area (Å²) in [6.07, 6.45) is 1.37. The first-order chi connectivity index (χ1) is 8.11. The summed E-state index contributed by atoms with van der Waals surface area (Å²) >= 11 is 0. The fourth-order valence-corrected chi connectivity index (χ4v) is 1.44. The van der Waals surface area contributed by atoms with Gasteiger partial charge in [-0.1, -0.05) is 17.7 Å². The van der Waals surface area contributed by atoms with Crippen molar-refractivity contribution in [1.82, 2.24) is 9.78 Å². The van der Waals surface area contributed by atoms with Crippen LogP contribution in [0.5, 0.6) is 5.75 Å². The molecule has 0 bridgehead atoms. The molecule has 0 amide bonds. The van der Waals surface area contributed by atoms with Crippen molar-refractivity contribution >= 4 is 5.97 Å². The van der Waals surface area contributed by atoms with Gasteiger partial charge in [-0.2, -0.15) is 5.10 Å². The Bertz CT molecular complexity index is 543. The maximum Gasteiger partial charge on any atom is 0.362 e. The van der Waals surface area contributed by atoms with Gasteiger partial charge >= 0.3 is 5.97 Å². The molecular weight excluding hydrogens is 220 g/mol. The topological polar surface area (TPSA) is 64.3 Å². The lowest BCUT2D eigenvalue weighted by molar-refractivity contribution is 0.0590. The maximum absolute atomic E-state index is 11.3. The molecule has 0 aliphatic heterocycles. The monoisotopic (exact) mass is 232 g/mol. The summed E-state index contributed by atoms with van der Waals surface area (Å²) in [5.41, 5.74) is 1.80. The average Bonchev–Trinajstić information content (AvgIpc) is 2.71. The first-order valence-electron chi connectivity index (χ1n) is 5.06. The second-order valence-corrected chi connectivity index (χ2v) is 3.63. The van der Waals surface area contributed by atoms with E-state index in [-0.39, 0.29) is 11.4 Å². The number of aryl methyl sites for hydroxylation is 1. The Labute approximate surface area is 98.3 Å². The number of nitrogens with zero attached hydrogens (tertiary/aromatic N) is 2. The van der Waals surface area contributed by atoms with Gasteiger partial charge in [-0.3, -0.25) is 0 Å². The van der Waals surface area contributed by atoms with Crippen molar-refractivity contribution in [1.29, 1.82) is 0 Å². The van der Waals surface area contributed by atoms with Crippen molar-refractivity contribution in [3.8, 4) is 11.4 Å². The largest absolute Gasteiger partial charge is 0.504 e. The molecule has 88 valence electrons. The number of benzene rings is 1. The number of carbonyl (C=O) groups is 1. The highest BCUT2D eigenvalue weighted by atomic mass is 16.5. The minimum Gasteiger partial charge on any atom is -0.504 e. The van der Waals surface area contributed by atoms with Crippen molar-refractivity contribution in [3.05, 3.63) is 41.7 Å². The van der Waals surface area contributed by atoms with Crippen LogP contribution >= 0.6 is 0 Å². The molecule has 0 atom stereocenters. The molecule has 2 rings (SSSR count). The third kappa shape index (κ3) is 2.13. The second kappa shape index (κ2) is 4.29. The van der Waals surface area contributed by atoms with Gasteiger partial charge in [0.2, 0.25) is 5.69 Å². The van der Waals surface area contributed by atoms with Gasteiger partial charge in [-0.15, -0.1) is 0 Å². The molecule has 0 saturated carbocycles. The van der Waals surface area contributed by atoms with Crippen LogP contribution in [0.4, 0.5) is 0 Å². The van der Waals surface area contributed by atoms with E-state index >= 15 is 0 Å². The Balaban J connectivity index is 2.41. The zero-order valence-corrected chi connectivity index (χ0v) is 9.54. The van der Waals surface area contributed by atoms with E-state index in [1.807, 2.05) is 31.2 Å². The fourth-order valence-electron chi connectivity index (χ4n) is 1.44. The van der Waals surface area contributed by atoms with E-state index in [2.05, 4.69) is 9.84 Å². The number of aromatic nitrogens is 2. The van der Waals surface area contributed by atoms with E-state index in [9.17, 15) is 9.90 Å². The summed E-state index contributed by atoms with van der Waals surface area (Å²) < 4.78 is 5.94. The van der Waals surface area contributed by atoms with Crippen molar-refractivity contribution in [2.75, 3.05) is 7.11 Å². The van der Waals surface area contributed by atoms with Gasteiger partial charge < -0.3 is 9.84 Å². The third-order valence-corrected chi connectivity index (χ3v) is 2.37. The van der Waals surface area contributed by atoms with Crippen LogP contribution in [0.15, 0.2) is 30.5 Å². The molecule has 0 fully saturated rings. The number of hydrogen-bond donors (Lipinski definition) is 1. The number of esters is 1. The highest BCUT2D eigenvalue weighted by Crippen LogP contribution is 2.18. The number of carbonyl (C=O) groups excluding carboxylic acids is 1. The summed E-state index contributed by atoms with van der Waals surface area (Å²) in [5.74, 6) is -0.856. The van der Waals surface area contributed by atoms with Crippen LogP contribution in [0.2, 0.25) is 0 Å². The Kier molecular flexibility index (Phi) is 2.82. The molecule has 2 aromatic rings. The molecule has 0 spiro atoms. The number of methoxy groups -OCH3 is 1. The molecule has 1 aromatic heterocycles. The van der Waals surface area contributed by atoms with Crippen LogP contribution in [0, 0.1) is 6.92 Å². The number of hydrogen-bond acceptors (Lipinski definition) is 4. The molecule has 1 N–H and O–H groups in total. The molecule has 1 aromatic carbocycles. The van der Waals surface area contributed by atoms with Gasteiger partial charge in [0.15, 0.2) is 5.75 Å². The van der Waals surface area contributed by atoms with E-state index in [4.69, 9.17) is 0 Å². The zero-order valence-electron chi connectivity index (χ0n) is 9.54. The molecule has 5 heteroatoms. The lowest BCUT2D eigenvalue weighted by Crippen LogP contribution is -2.04. The normalized spacial score (nSPS) is 10.2. The molecule has 0 aliphatic rings. The van der Waals surface area contributed by atoms with E-state index in [0.29, 0.717) is 0 Å². The van der Waals surface area contributed by atoms with Crippen LogP contribution in [0.25, 0.3) is 5.69 Å². The lowest BCUT2D eigenvalue weighted by atomic mass is 10.2. The van der Waals surface area contributed by atoms with Crippen LogP contribution < -0.4 is 0 Å². The molecule has 5 nitrogen and oxygen atoms in total. The molecule has 0 aliphatic carbocycles. The summed E-state index contributed by atoms with van der Waals surface area (Å²) in [5, 5.41) is 13.5. The number of aromatic hydroxyl groups is 1. The summed E-state index contributed by atoms with van der Waals surface area (Å²) in [4.78, 5) is 11.3. The minimum atomic E-state index is -0.659. The van der Waals surface area contributed by atoms with Crippen LogP contribution in [-0.2, 0) is 4.74 Å². The standard InChI is InChI=1S/C12H12N2O3/c1-8-3-5-9(6-4-8)14-7-10(15)11(13-14)12(16)17-2/h3-7,15H,1-2H3. The van der Waals surface area contributed by atoms with E-state index in [0.717, 1.165) is 11.3 Å². The van der Waals surface area contributed by atoms with Gasteiger partial charge in [0, 0.05) is 0 Å². The van der Waals surface area contributed by atoms with Gasteiger partial charge in [0.1, 0.15) is 0 Å². The van der Waals surface area contributed by atoms with Crippen molar-refractivity contribution in [2.45, 2.75) is 6.92 Å². The Morgan fingerprint density at radius 3 is 2.59 bits per heavy atom. The first kappa shape index (κ1) is 11.2. The van der Waals surface area contributed by atoms with Gasteiger partial charge in [-0.05, 0) is 19.1 Å². The lowest BCUT2D eigenvalue weighted by Gasteiger charge is -2.00. The number of rotatable bonds is 2. The van der Waals surface area contributed by atoms with E-state index in [1.54, 1.807) is 0 Å². The average molecular weight is 232 g/mol. The molecule has 0 saturated heterocycles. The second-order valence-electron chi connectivity index (χ2n) is 3.63. The Morgan fingerprint density at radius 2 is 2.00 bits per heavy atom. The molecule has 1 heterocycles. The summed E-state index contributed by atoms with van der Waals surface area (Å²) in [7, 11) is 1.24. The van der Waals surface area contributed by atoms with Crippen molar-refractivity contribution in [3.63, 3.8) is 0 Å². The minimum absolute atomic E-state index is 0.0897. The van der Waals surface area contributed by atoms with Crippen LogP contribution in [-0.4, -0.2) is 28.0 Å². The SMILES string of the molecule is COC(=O)c1nn(-c2ccc(C)cc2)cc1O. The molecule has 17 heavy (non-hydrogen) atoms. The highest BCUT2D eigenvalue weighted by Gasteiger charge is 2.17. The van der Waals surface area contributed by atoms with Gasteiger partial charge in [0.05, 0.1) is 19.0 Å². The fraction of sp³-hybridized carbons (Fsp3) is 0.167. The van der Waals surface area contributed by atoms with Gasteiger partial charge in [-0.25, -0.2) is 9.48 Å². The molecule has 0 radical (unpaired) electrons. The molecule has 0 unspecified atom stereocenters. The predicted molar refractivity (Wildman–Crippen MR) is 61.3 cm³/mol. The third-order valence-electron chi connectivity index (χ3n) is 2.37. The van der Waals surface area contributed by atoms with Gasteiger partial charge in [0.25, 0.3) is 0 Å². The zero-order chi connectivity index (χ0) is 12.4. The van der Waals surface area contributed by atoms with Crippen LogP contribution in [0.3, 0.4) is 0 Å². The number of ether oxygens (including phenoxy) is 1. The predicted octanol–water partition coefficient (Wildman–Crippen LogP) is 1.67. The Hall–Kier alpha value is -2.30. The quantitative estimate of drug-likeness (QED) is 0.800. The Morgan fingerprint density at radius 1 is 1.35 bits per heavy atom. The highest BCUT2D eigenvalue weighted by molar-refractivity contribution is 5.90. The van der Waals surface area contributed by atoms with E-state index in [1.165, 1.54) is 18.0 Å². The van der Waals surface area contributed by atoms with E-state index < -0.39 is 5.97 Å². The van der Waals surface area contributed by atoms with Crippen molar-refractivity contribution in [2.24, 2.45) is 0 Å². The van der Waals surface area contributed by atoms with Crippen molar-refractivity contribution < 1.29 is 14.6 Å². The summed E-state index contributed by atoms with van der Waals surface area (Å²) in [6, 6.07) is 7.55. The maximum atomic E-state index is 11.3. The van der Waals surface area contributed by atoms with Crippen LogP contribution in [0.1, 0.15) is 16.1 Å². The summed E-state index contributed by atoms with van der Waals surface area (Å²) in [6.45, 7) is 1.98. The first-order valence-corrected chi connectivity index (χ1v) is 5.06. The molecular formula is C12H12N2O3. The smallest absolute Gasteiger partial charge is 0.362 e.